The molecule has 0 saturated carbocycles. The van der Waals surface area contributed by atoms with Gasteiger partial charge in [-0.25, -0.2) is 4.39 Å². The van der Waals surface area contributed by atoms with Gasteiger partial charge in [0.15, 0.2) is 18.1 Å². The Morgan fingerprint density at radius 3 is 3.00 bits per heavy atom. The fraction of sp³-hybridized carbons (Fsp3) is 0.750. The van der Waals surface area contributed by atoms with Gasteiger partial charge in [-0.1, -0.05) is 0 Å². The van der Waals surface area contributed by atoms with Crippen molar-refractivity contribution < 1.29 is 14.2 Å². The molecule has 2 atom stereocenters. The van der Waals surface area contributed by atoms with Crippen LogP contribution < -0.4 is 0 Å². The SMILES string of the molecule is CC1(C)OC=C2CC(F)C(O)N21. The summed E-state index contributed by atoms with van der Waals surface area (Å²) < 4.78 is 18.3. The third-order valence-corrected chi connectivity index (χ3v) is 2.37. The first-order valence-electron chi connectivity index (χ1n) is 4.01. The normalized spacial score (nSPS) is 37.7. The second-order valence-corrected chi connectivity index (χ2v) is 3.68. The van der Waals surface area contributed by atoms with Gasteiger partial charge in [0.05, 0.1) is 5.70 Å². The van der Waals surface area contributed by atoms with Crippen LogP contribution in [-0.4, -0.2) is 28.1 Å². The van der Waals surface area contributed by atoms with Crippen molar-refractivity contribution in [3.63, 3.8) is 0 Å². The van der Waals surface area contributed by atoms with Gasteiger partial charge in [0.25, 0.3) is 0 Å². The Kier molecular flexibility index (Phi) is 1.39. The van der Waals surface area contributed by atoms with Crippen LogP contribution in [0.2, 0.25) is 0 Å². The molecule has 2 aliphatic heterocycles. The number of alkyl halides is 1. The monoisotopic (exact) mass is 173 g/mol. The van der Waals surface area contributed by atoms with E-state index in [-0.39, 0.29) is 6.42 Å². The van der Waals surface area contributed by atoms with Crippen molar-refractivity contribution in [1.82, 2.24) is 4.90 Å². The maximum Gasteiger partial charge on any atom is 0.178 e. The summed E-state index contributed by atoms with van der Waals surface area (Å²) in [7, 11) is 0. The zero-order chi connectivity index (χ0) is 8.93. The number of aliphatic hydroxyl groups excluding tert-OH is 1. The van der Waals surface area contributed by atoms with E-state index in [0.717, 1.165) is 5.70 Å². The van der Waals surface area contributed by atoms with Gasteiger partial charge in [-0.3, -0.25) is 0 Å². The summed E-state index contributed by atoms with van der Waals surface area (Å²) in [6.07, 6.45) is -0.443. The summed E-state index contributed by atoms with van der Waals surface area (Å²) in [6.45, 7) is 3.61. The van der Waals surface area contributed by atoms with Crippen LogP contribution in [0.1, 0.15) is 20.3 Å². The molecule has 0 spiro atoms. The smallest absolute Gasteiger partial charge is 0.178 e. The second kappa shape index (κ2) is 2.13. The van der Waals surface area contributed by atoms with Gasteiger partial charge in [0.1, 0.15) is 6.26 Å². The zero-order valence-electron chi connectivity index (χ0n) is 7.12. The second-order valence-electron chi connectivity index (χ2n) is 3.68. The molecule has 0 amide bonds. The lowest BCUT2D eigenvalue weighted by atomic mass is 10.2. The number of allylic oxidation sites excluding steroid dienone is 1. The molecule has 0 radical (unpaired) electrons. The molecule has 2 aliphatic rings. The predicted octanol–water partition coefficient (Wildman–Crippen LogP) is 0.956. The lowest BCUT2D eigenvalue weighted by Crippen LogP contribution is -2.45. The standard InChI is InChI=1S/C8H12FNO2/c1-8(2)10-5(4-12-8)3-6(9)7(10)11/h4,6-7,11H,3H2,1-2H3. The summed E-state index contributed by atoms with van der Waals surface area (Å²) in [5.41, 5.74) is 0.148. The van der Waals surface area contributed by atoms with E-state index >= 15 is 0 Å². The molecule has 2 unspecified atom stereocenters. The number of hydrogen-bond donors (Lipinski definition) is 1. The average molecular weight is 173 g/mol. The quantitative estimate of drug-likeness (QED) is 0.592. The molecule has 0 aromatic carbocycles. The highest BCUT2D eigenvalue weighted by Gasteiger charge is 2.48. The maximum atomic E-state index is 13.0. The number of fused-ring (bicyclic) bond motifs is 1. The van der Waals surface area contributed by atoms with Crippen molar-refractivity contribution in [3.8, 4) is 0 Å². The van der Waals surface area contributed by atoms with E-state index in [1.807, 2.05) is 0 Å². The third kappa shape index (κ3) is 0.843. The Bertz CT molecular complexity index is 239. The van der Waals surface area contributed by atoms with Crippen LogP contribution >= 0.6 is 0 Å². The van der Waals surface area contributed by atoms with Crippen LogP contribution in [0.15, 0.2) is 12.0 Å². The lowest BCUT2D eigenvalue weighted by Gasteiger charge is -2.33. The minimum Gasteiger partial charge on any atom is -0.474 e. The molecule has 0 bridgehead atoms. The molecule has 0 aliphatic carbocycles. The van der Waals surface area contributed by atoms with E-state index in [1.54, 1.807) is 18.7 Å². The number of aliphatic hydroxyl groups is 1. The first-order valence-corrected chi connectivity index (χ1v) is 4.01. The van der Waals surface area contributed by atoms with Crippen molar-refractivity contribution in [2.45, 2.75) is 38.4 Å². The summed E-state index contributed by atoms with van der Waals surface area (Å²) in [4.78, 5) is 1.58. The van der Waals surface area contributed by atoms with Gasteiger partial charge in [-0.05, 0) is 13.8 Å². The van der Waals surface area contributed by atoms with E-state index in [2.05, 4.69) is 0 Å². The summed E-state index contributed by atoms with van der Waals surface area (Å²) in [6, 6.07) is 0. The third-order valence-electron chi connectivity index (χ3n) is 2.37. The summed E-state index contributed by atoms with van der Waals surface area (Å²) in [5, 5.41) is 9.43. The molecule has 4 heteroatoms. The van der Waals surface area contributed by atoms with Crippen molar-refractivity contribution in [1.29, 1.82) is 0 Å². The Labute approximate surface area is 70.4 Å². The van der Waals surface area contributed by atoms with Crippen LogP contribution in [-0.2, 0) is 4.74 Å². The summed E-state index contributed by atoms with van der Waals surface area (Å²) >= 11 is 0. The average Bonchev–Trinajstić information content (AvgIpc) is 2.39. The Balaban J connectivity index is 2.29. The molecule has 1 fully saturated rings. The van der Waals surface area contributed by atoms with Gasteiger partial charge in [-0.2, -0.15) is 0 Å². The number of halogens is 1. The molecule has 0 aromatic rings. The van der Waals surface area contributed by atoms with E-state index in [1.165, 1.54) is 6.26 Å². The van der Waals surface area contributed by atoms with E-state index in [4.69, 9.17) is 4.74 Å². The highest BCUT2D eigenvalue weighted by Crippen LogP contribution is 2.40. The number of ether oxygens (including phenoxy) is 1. The maximum absolute atomic E-state index is 13.0. The lowest BCUT2D eigenvalue weighted by molar-refractivity contribution is -0.117. The van der Waals surface area contributed by atoms with Crippen LogP contribution in [0.5, 0.6) is 0 Å². The molecule has 1 N–H and O–H groups in total. The van der Waals surface area contributed by atoms with Gasteiger partial charge in [-0.15, -0.1) is 0 Å². The van der Waals surface area contributed by atoms with Gasteiger partial charge in [0, 0.05) is 6.42 Å². The topological polar surface area (TPSA) is 32.7 Å². The Morgan fingerprint density at radius 1 is 1.75 bits per heavy atom. The molecular formula is C8H12FNO2. The van der Waals surface area contributed by atoms with Gasteiger partial charge >= 0.3 is 0 Å². The van der Waals surface area contributed by atoms with Crippen LogP contribution in [0.4, 0.5) is 4.39 Å². The minimum atomic E-state index is -1.18. The first kappa shape index (κ1) is 7.86. The predicted molar refractivity (Wildman–Crippen MR) is 40.6 cm³/mol. The van der Waals surface area contributed by atoms with Crippen LogP contribution in [0.25, 0.3) is 0 Å². The van der Waals surface area contributed by atoms with Crippen molar-refractivity contribution in [3.05, 3.63) is 12.0 Å². The van der Waals surface area contributed by atoms with E-state index < -0.39 is 18.1 Å². The highest BCUT2D eigenvalue weighted by atomic mass is 19.1. The molecule has 68 valence electrons. The largest absolute Gasteiger partial charge is 0.474 e. The fourth-order valence-corrected chi connectivity index (χ4v) is 1.77. The summed E-state index contributed by atoms with van der Waals surface area (Å²) in [5.74, 6) is 0. The van der Waals surface area contributed by atoms with Crippen molar-refractivity contribution in [2.75, 3.05) is 0 Å². The molecule has 1 saturated heterocycles. The molecular weight excluding hydrogens is 161 g/mol. The zero-order valence-corrected chi connectivity index (χ0v) is 7.12. The minimum absolute atomic E-state index is 0.255. The number of rotatable bonds is 0. The number of hydrogen-bond acceptors (Lipinski definition) is 3. The van der Waals surface area contributed by atoms with Crippen molar-refractivity contribution in [2.24, 2.45) is 0 Å². The van der Waals surface area contributed by atoms with Crippen LogP contribution in [0, 0.1) is 0 Å². The van der Waals surface area contributed by atoms with E-state index in [0.29, 0.717) is 0 Å². The highest BCUT2D eigenvalue weighted by molar-refractivity contribution is 5.15. The van der Waals surface area contributed by atoms with Crippen molar-refractivity contribution >= 4 is 0 Å². The van der Waals surface area contributed by atoms with Gasteiger partial charge in [0.2, 0.25) is 0 Å². The molecule has 3 nitrogen and oxygen atoms in total. The molecule has 2 rings (SSSR count). The Hall–Kier alpha value is -0.770. The van der Waals surface area contributed by atoms with E-state index in [9.17, 15) is 9.50 Å². The van der Waals surface area contributed by atoms with Crippen LogP contribution in [0.3, 0.4) is 0 Å². The fourth-order valence-electron chi connectivity index (χ4n) is 1.77. The molecule has 0 aromatic heterocycles. The number of nitrogens with zero attached hydrogens (tertiary/aromatic N) is 1. The molecule has 2 heterocycles. The Morgan fingerprint density at radius 2 is 2.42 bits per heavy atom. The van der Waals surface area contributed by atoms with Gasteiger partial charge < -0.3 is 14.7 Å². The first-order chi connectivity index (χ1) is 5.52. The molecule has 12 heavy (non-hydrogen) atoms.